The van der Waals surface area contributed by atoms with Crippen molar-refractivity contribution in [1.82, 2.24) is 4.98 Å². The number of aromatic nitrogens is 1. The summed E-state index contributed by atoms with van der Waals surface area (Å²) >= 11 is 6.22. The highest BCUT2D eigenvalue weighted by Crippen LogP contribution is 2.29. The minimum absolute atomic E-state index is 0.104. The number of nitrogens with zero attached hydrogens (tertiary/aromatic N) is 1. The molecule has 0 fully saturated rings. The number of phenolic OH excluding ortho intramolecular Hbond substituents is 1. The van der Waals surface area contributed by atoms with Crippen molar-refractivity contribution in [2.24, 2.45) is 5.92 Å². The van der Waals surface area contributed by atoms with Gasteiger partial charge >= 0.3 is 0 Å². The Hall–Kier alpha value is -2.14. The molecule has 138 valence electrons. The second kappa shape index (κ2) is 9.53. The molecule has 26 heavy (non-hydrogen) atoms. The van der Waals surface area contributed by atoms with Gasteiger partial charge in [-0.25, -0.2) is 0 Å². The van der Waals surface area contributed by atoms with E-state index in [1.54, 1.807) is 31.3 Å². The molecule has 0 bridgehead atoms. The Labute approximate surface area is 159 Å². The molecule has 4 nitrogen and oxygen atoms in total. The maximum atomic E-state index is 10.4. The largest absolute Gasteiger partial charge is 0.508 e. The highest BCUT2D eigenvalue weighted by molar-refractivity contribution is 6.32. The van der Waals surface area contributed by atoms with Crippen molar-refractivity contribution in [2.75, 3.05) is 0 Å². The van der Waals surface area contributed by atoms with Crippen molar-refractivity contribution in [2.45, 2.75) is 32.0 Å². The van der Waals surface area contributed by atoms with E-state index < -0.39 is 18.1 Å². The Morgan fingerprint density at radius 2 is 2.04 bits per heavy atom. The van der Waals surface area contributed by atoms with Crippen LogP contribution in [-0.2, 0) is 0 Å². The van der Waals surface area contributed by atoms with Gasteiger partial charge in [0.1, 0.15) is 5.75 Å². The number of allylic oxidation sites excluding steroid dienone is 1. The van der Waals surface area contributed by atoms with Crippen LogP contribution in [0.2, 0.25) is 5.02 Å². The fourth-order valence-corrected chi connectivity index (χ4v) is 3.05. The van der Waals surface area contributed by atoms with Gasteiger partial charge in [-0.05, 0) is 67.3 Å². The topological polar surface area (TPSA) is 73.6 Å². The van der Waals surface area contributed by atoms with Gasteiger partial charge in [0.05, 0.1) is 22.9 Å². The third-order valence-electron chi connectivity index (χ3n) is 4.29. The molecule has 3 N–H and O–H groups in total. The van der Waals surface area contributed by atoms with Gasteiger partial charge in [0.2, 0.25) is 0 Å². The Morgan fingerprint density at radius 3 is 2.62 bits per heavy atom. The molecule has 3 atom stereocenters. The lowest BCUT2D eigenvalue weighted by Gasteiger charge is -2.22. The van der Waals surface area contributed by atoms with Crippen molar-refractivity contribution >= 4 is 23.3 Å². The maximum absolute atomic E-state index is 10.4. The quantitative estimate of drug-likeness (QED) is 0.603. The van der Waals surface area contributed by atoms with Gasteiger partial charge < -0.3 is 15.3 Å². The van der Waals surface area contributed by atoms with Crippen LogP contribution in [0.4, 0.5) is 0 Å². The number of hydrogen-bond acceptors (Lipinski definition) is 4. The fraction of sp³-hybridized carbons (Fsp3) is 0.286. The van der Waals surface area contributed by atoms with E-state index in [2.05, 4.69) is 11.6 Å². The van der Waals surface area contributed by atoms with Gasteiger partial charge in [-0.15, -0.1) is 6.58 Å². The molecule has 0 amide bonds. The van der Waals surface area contributed by atoms with E-state index in [0.29, 0.717) is 17.9 Å². The van der Waals surface area contributed by atoms with E-state index in [0.717, 1.165) is 16.8 Å². The smallest absolute Gasteiger partial charge is 0.117 e. The predicted octanol–water partition coefficient (Wildman–Crippen LogP) is 4.31. The number of phenols is 1. The summed E-state index contributed by atoms with van der Waals surface area (Å²) in [5.41, 5.74) is 2.46. The van der Waals surface area contributed by atoms with Gasteiger partial charge in [0.15, 0.2) is 0 Å². The maximum Gasteiger partial charge on any atom is 0.117 e. The summed E-state index contributed by atoms with van der Waals surface area (Å²) in [5.74, 6) is -0.287. The molecule has 0 unspecified atom stereocenters. The molecule has 1 heterocycles. The van der Waals surface area contributed by atoms with Crippen LogP contribution in [0.15, 0.2) is 55.3 Å². The van der Waals surface area contributed by atoms with Crippen LogP contribution < -0.4 is 0 Å². The number of aliphatic hydroxyl groups excluding tert-OH is 2. The Bertz CT molecular complexity index is 759. The number of hydrogen-bond donors (Lipinski definition) is 3. The van der Waals surface area contributed by atoms with Gasteiger partial charge in [-0.2, -0.15) is 0 Å². The Morgan fingerprint density at radius 1 is 1.27 bits per heavy atom. The summed E-state index contributed by atoms with van der Waals surface area (Å²) < 4.78 is 0. The number of aliphatic hydroxyl groups is 2. The molecule has 1 aromatic heterocycles. The summed E-state index contributed by atoms with van der Waals surface area (Å²) in [6, 6.07) is 10.4. The molecule has 0 aliphatic rings. The highest BCUT2D eigenvalue weighted by atomic mass is 35.5. The van der Waals surface area contributed by atoms with Crippen molar-refractivity contribution in [1.29, 1.82) is 0 Å². The first-order valence-corrected chi connectivity index (χ1v) is 8.89. The van der Waals surface area contributed by atoms with Crippen LogP contribution in [0.5, 0.6) is 5.75 Å². The van der Waals surface area contributed by atoms with Crippen LogP contribution in [0, 0.1) is 5.92 Å². The van der Waals surface area contributed by atoms with Gasteiger partial charge in [0.25, 0.3) is 0 Å². The normalized spacial score (nSPS) is 15.3. The molecule has 0 saturated heterocycles. The zero-order valence-electron chi connectivity index (χ0n) is 14.7. The first kappa shape index (κ1) is 20.2. The van der Waals surface area contributed by atoms with E-state index in [-0.39, 0.29) is 5.75 Å². The monoisotopic (exact) mass is 373 g/mol. The minimum Gasteiger partial charge on any atom is -0.508 e. The second-order valence-electron chi connectivity index (χ2n) is 6.25. The molecule has 5 heteroatoms. The molecular weight excluding hydrogens is 350 g/mol. The molecule has 0 aliphatic heterocycles. The molecular formula is C21H24ClNO3. The second-order valence-corrected chi connectivity index (χ2v) is 6.66. The lowest BCUT2D eigenvalue weighted by Crippen LogP contribution is -2.28. The lowest BCUT2D eigenvalue weighted by molar-refractivity contribution is 0.0429. The van der Waals surface area contributed by atoms with E-state index in [4.69, 9.17) is 11.6 Å². The number of pyridine rings is 1. The summed E-state index contributed by atoms with van der Waals surface area (Å²) in [6.45, 7) is 5.33. The van der Waals surface area contributed by atoms with Crippen LogP contribution in [0.1, 0.15) is 31.0 Å². The van der Waals surface area contributed by atoms with Crippen molar-refractivity contribution in [3.63, 3.8) is 0 Å². The fourth-order valence-electron chi connectivity index (χ4n) is 2.82. The first-order chi connectivity index (χ1) is 12.4. The van der Waals surface area contributed by atoms with Crippen LogP contribution in [0.3, 0.4) is 0 Å². The zero-order valence-corrected chi connectivity index (χ0v) is 15.5. The minimum atomic E-state index is -0.713. The summed E-state index contributed by atoms with van der Waals surface area (Å²) in [7, 11) is 0. The van der Waals surface area contributed by atoms with E-state index in [1.807, 2.05) is 24.3 Å². The SMILES string of the molecule is C=C[C@H]([C@H](O)CC/C(=C/c1ccc(O)cc1Cl)c1ccccn1)[C@@H](C)O. The predicted molar refractivity (Wildman–Crippen MR) is 106 cm³/mol. The number of aromatic hydroxyl groups is 1. The zero-order chi connectivity index (χ0) is 19.1. The molecule has 2 aromatic rings. The number of rotatable bonds is 8. The highest BCUT2D eigenvalue weighted by Gasteiger charge is 2.21. The van der Waals surface area contributed by atoms with E-state index in [9.17, 15) is 15.3 Å². The summed E-state index contributed by atoms with van der Waals surface area (Å²) in [5, 5.41) is 30.1. The molecule has 0 aliphatic carbocycles. The van der Waals surface area contributed by atoms with E-state index in [1.165, 1.54) is 6.07 Å². The van der Waals surface area contributed by atoms with Crippen LogP contribution in [-0.4, -0.2) is 32.5 Å². The molecule has 1 aromatic carbocycles. The molecule has 2 rings (SSSR count). The van der Waals surface area contributed by atoms with Crippen molar-refractivity contribution in [3.05, 3.63) is 71.5 Å². The van der Waals surface area contributed by atoms with Crippen molar-refractivity contribution < 1.29 is 15.3 Å². The van der Waals surface area contributed by atoms with E-state index >= 15 is 0 Å². The van der Waals surface area contributed by atoms with Crippen molar-refractivity contribution in [3.8, 4) is 5.75 Å². The summed E-state index contributed by atoms with van der Waals surface area (Å²) in [4.78, 5) is 4.39. The first-order valence-electron chi connectivity index (χ1n) is 8.51. The van der Waals surface area contributed by atoms with Gasteiger partial charge in [-0.1, -0.05) is 23.7 Å². The Kier molecular flexibility index (Phi) is 7.39. The number of benzene rings is 1. The number of halogens is 1. The van der Waals surface area contributed by atoms with Crippen LogP contribution in [0.25, 0.3) is 11.6 Å². The molecule has 0 spiro atoms. The average Bonchev–Trinajstić information content (AvgIpc) is 2.61. The average molecular weight is 374 g/mol. The standard InChI is InChI=1S/C21H24ClNO3/c1-3-18(14(2)24)21(26)10-8-16(20-6-4-5-11-23-20)12-15-7-9-17(25)13-19(15)22/h3-7,9,11-14,18,21,24-26H,1,8,10H2,2H3/b16-12-/t14-,18+,21-/m1/s1. The van der Waals surface area contributed by atoms with Gasteiger partial charge in [-0.3, -0.25) is 4.98 Å². The lowest BCUT2D eigenvalue weighted by atomic mass is 9.91. The summed E-state index contributed by atoms with van der Waals surface area (Å²) in [6.07, 6.45) is 4.80. The molecule has 0 saturated carbocycles. The third kappa shape index (κ3) is 5.43. The van der Waals surface area contributed by atoms with Crippen LogP contribution >= 0.6 is 11.6 Å². The van der Waals surface area contributed by atoms with Gasteiger partial charge in [0, 0.05) is 12.1 Å². The Balaban J connectivity index is 2.28. The third-order valence-corrected chi connectivity index (χ3v) is 4.62. The molecule has 0 radical (unpaired) electrons.